The van der Waals surface area contributed by atoms with Gasteiger partial charge in [-0.25, -0.2) is 0 Å². The number of rotatable bonds is 5. The fraction of sp³-hybridized carbons (Fsp3) is 0.667. The second-order valence-electron chi connectivity index (χ2n) is 7.94. The normalized spacial score (nSPS) is 25.9. The molecular formula is C21H28F3NO2. The highest BCUT2D eigenvalue weighted by molar-refractivity contribution is 5.96. The van der Waals surface area contributed by atoms with E-state index in [-0.39, 0.29) is 17.9 Å². The van der Waals surface area contributed by atoms with Crippen LogP contribution >= 0.6 is 0 Å². The lowest BCUT2D eigenvalue weighted by molar-refractivity contribution is -0.137. The summed E-state index contributed by atoms with van der Waals surface area (Å²) in [4.78, 5) is 14.9. The summed E-state index contributed by atoms with van der Waals surface area (Å²) in [6, 6.07) is 5.04. The van der Waals surface area contributed by atoms with Crippen LogP contribution in [0.15, 0.2) is 24.3 Å². The Kier molecular flexibility index (Phi) is 6.58. The molecule has 3 nitrogen and oxygen atoms in total. The highest BCUT2D eigenvalue weighted by Gasteiger charge is 2.33. The third kappa shape index (κ3) is 5.32. The summed E-state index contributed by atoms with van der Waals surface area (Å²) in [6.07, 6.45) is 2.26. The summed E-state index contributed by atoms with van der Waals surface area (Å²) in [7, 11) is 0. The maximum Gasteiger partial charge on any atom is 0.416 e. The zero-order valence-corrected chi connectivity index (χ0v) is 15.5. The summed E-state index contributed by atoms with van der Waals surface area (Å²) in [5, 5.41) is 10.5. The Morgan fingerprint density at radius 2 is 1.78 bits per heavy atom. The van der Waals surface area contributed by atoms with Gasteiger partial charge in [-0.3, -0.25) is 4.79 Å². The number of hydrogen-bond acceptors (Lipinski definition) is 3. The lowest BCUT2D eigenvalue weighted by Gasteiger charge is -2.39. The van der Waals surface area contributed by atoms with E-state index in [1.165, 1.54) is 31.4 Å². The van der Waals surface area contributed by atoms with Gasteiger partial charge in [0.15, 0.2) is 5.78 Å². The number of Topliss-reactive ketones (excluding diaryl/α,β-unsaturated/α-hetero) is 1. The average Bonchev–Trinajstić information content (AvgIpc) is 2.68. The van der Waals surface area contributed by atoms with Crippen molar-refractivity contribution in [2.24, 2.45) is 5.92 Å². The average molecular weight is 383 g/mol. The maximum atomic E-state index is 12.8. The van der Waals surface area contributed by atoms with Gasteiger partial charge in [0.1, 0.15) is 0 Å². The first-order chi connectivity index (χ1) is 12.8. The number of benzene rings is 1. The first-order valence-corrected chi connectivity index (χ1v) is 9.97. The SMILES string of the molecule is O=C(CC(O)C1CCC(N2CCCCC2)CC1)c1cccc(C(F)(F)F)c1. The van der Waals surface area contributed by atoms with Gasteiger partial charge in [-0.2, -0.15) is 13.2 Å². The fourth-order valence-corrected chi connectivity index (χ4v) is 4.48. The molecule has 0 bridgehead atoms. The molecule has 1 aromatic rings. The second-order valence-corrected chi connectivity index (χ2v) is 7.94. The monoisotopic (exact) mass is 383 g/mol. The molecule has 27 heavy (non-hydrogen) atoms. The first-order valence-electron chi connectivity index (χ1n) is 9.97. The summed E-state index contributed by atoms with van der Waals surface area (Å²) < 4.78 is 38.4. The van der Waals surface area contributed by atoms with Gasteiger partial charge in [0.2, 0.25) is 0 Å². The number of carbonyl (C=O) groups excluding carboxylic acids is 1. The number of likely N-dealkylation sites (tertiary alicyclic amines) is 1. The van der Waals surface area contributed by atoms with Crippen molar-refractivity contribution >= 4 is 5.78 Å². The minimum Gasteiger partial charge on any atom is -0.392 e. The molecule has 1 saturated heterocycles. The molecule has 3 rings (SSSR count). The van der Waals surface area contributed by atoms with Gasteiger partial charge in [-0.15, -0.1) is 0 Å². The molecule has 0 amide bonds. The molecule has 1 aliphatic carbocycles. The molecule has 0 spiro atoms. The van der Waals surface area contributed by atoms with Crippen LogP contribution in [0.2, 0.25) is 0 Å². The smallest absolute Gasteiger partial charge is 0.392 e. The van der Waals surface area contributed by atoms with Gasteiger partial charge in [0, 0.05) is 18.0 Å². The Morgan fingerprint density at radius 1 is 1.11 bits per heavy atom. The predicted octanol–water partition coefficient (Wildman–Crippen LogP) is 4.68. The van der Waals surface area contributed by atoms with Gasteiger partial charge in [-0.1, -0.05) is 18.6 Å². The van der Waals surface area contributed by atoms with Gasteiger partial charge < -0.3 is 10.0 Å². The predicted molar refractivity (Wildman–Crippen MR) is 97.6 cm³/mol. The Balaban J connectivity index is 1.52. The van der Waals surface area contributed by atoms with Crippen LogP contribution in [-0.2, 0) is 6.18 Å². The van der Waals surface area contributed by atoms with Crippen molar-refractivity contribution in [3.63, 3.8) is 0 Å². The Morgan fingerprint density at radius 3 is 2.41 bits per heavy atom. The molecule has 2 fully saturated rings. The Hall–Kier alpha value is -1.40. The van der Waals surface area contributed by atoms with Gasteiger partial charge in [0.05, 0.1) is 11.7 Å². The lowest BCUT2D eigenvalue weighted by Crippen LogP contribution is -2.42. The van der Waals surface area contributed by atoms with Crippen molar-refractivity contribution < 1.29 is 23.1 Å². The number of piperidine rings is 1. The molecule has 150 valence electrons. The molecule has 2 aliphatic rings. The van der Waals surface area contributed by atoms with Crippen LogP contribution in [-0.4, -0.2) is 41.0 Å². The zero-order valence-electron chi connectivity index (χ0n) is 15.5. The Bertz CT molecular complexity index is 633. The number of carbonyl (C=O) groups is 1. The minimum atomic E-state index is -4.47. The van der Waals surface area contributed by atoms with Crippen molar-refractivity contribution in [3.05, 3.63) is 35.4 Å². The van der Waals surface area contributed by atoms with E-state index in [4.69, 9.17) is 0 Å². The van der Waals surface area contributed by atoms with Crippen LogP contribution in [0.3, 0.4) is 0 Å². The first kappa shape index (κ1) is 20.3. The Labute approximate surface area is 158 Å². The summed E-state index contributed by atoms with van der Waals surface area (Å²) in [5.74, 6) is -0.368. The standard InChI is InChI=1S/C21H28F3NO2/c22-21(23,24)17-6-4-5-16(13-17)20(27)14-19(26)15-7-9-18(10-8-15)25-11-2-1-3-12-25/h4-6,13,15,18-19,26H,1-3,7-12,14H2. The fourth-order valence-electron chi connectivity index (χ4n) is 4.48. The molecule has 1 unspecified atom stereocenters. The highest BCUT2D eigenvalue weighted by Crippen LogP contribution is 2.33. The van der Waals surface area contributed by atoms with Gasteiger partial charge in [0.25, 0.3) is 0 Å². The maximum absolute atomic E-state index is 12.8. The van der Waals surface area contributed by atoms with E-state index >= 15 is 0 Å². The number of nitrogens with zero attached hydrogens (tertiary/aromatic N) is 1. The van der Waals surface area contributed by atoms with E-state index in [0.717, 1.165) is 50.9 Å². The van der Waals surface area contributed by atoms with E-state index < -0.39 is 23.6 Å². The van der Waals surface area contributed by atoms with Crippen molar-refractivity contribution in [2.75, 3.05) is 13.1 Å². The molecule has 6 heteroatoms. The van der Waals surface area contributed by atoms with Crippen molar-refractivity contribution in [2.45, 2.75) is 69.7 Å². The summed E-state index contributed by atoms with van der Waals surface area (Å²) in [6.45, 7) is 2.32. The van der Waals surface area contributed by atoms with E-state index in [1.54, 1.807) is 0 Å². The number of ketones is 1. The van der Waals surface area contributed by atoms with Gasteiger partial charge >= 0.3 is 6.18 Å². The van der Waals surface area contributed by atoms with Crippen molar-refractivity contribution in [1.82, 2.24) is 4.90 Å². The molecule has 0 aromatic heterocycles. The molecule has 1 atom stereocenters. The molecule has 1 heterocycles. The molecular weight excluding hydrogens is 355 g/mol. The van der Waals surface area contributed by atoms with E-state index in [2.05, 4.69) is 4.90 Å². The molecule has 1 aliphatic heterocycles. The quantitative estimate of drug-likeness (QED) is 0.751. The van der Waals surface area contributed by atoms with Crippen LogP contribution in [0.1, 0.15) is 67.3 Å². The van der Waals surface area contributed by atoms with Crippen LogP contribution in [0.5, 0.6) is 0 Å². The minimum absolute atomic E-state index is 0.0193. The number of aliphatic hydroxyl groups excluding tert-OH is 1. The van der Waals surface area contributed by atoms with Crippen molar-refractivity contribution in [3.8, 4) is 0 Å². The van der Waals surface area contributed by atoms with E-state index in [0.29, 0.717) is 6.04 Å². The van der Waals surface area contributed by atoms with E-state index in [1.807, 2.05) is 0 Å². The molecule has 0 radical (unpaired) electrons. The topological polar surface area (TPSA) is 40.5 Å². The number of aliphatic hydroxyl groups is 1. The van der Waals surface area contributed by atoms with Gasteiger partial charge in [-0.05, 0) is 69.7 Å². The second kappa shape index (κ2) is 8.74. The summed E-state index contributed by atoms with van der Waals surface area (Å²) >= 11 is 0. The third-order valence-corrected chi connectivity index (χ3v) is 6.10. The van der Waals surface area contributed by atoms with Crippen LogP contribution in [0, 0.1) is 5.92 Å². The van der Waals surface area contributed by atoms with Crippen LogP contribution in [0.25, 0.3) is 0 Å². The largest absolute Gasteiger partial charge is 0.416 e. The lowest BCUT2D eigenvalue weighted by atomic mass is 9.80. The highest BCUT2D eigenvalue weighted by atomic mass is 19.4. The summed E-state index contributed by atoms with van der Waals surface area (Å²) in [5.41, 5.74) is -0.809. The van der Waals surface area contributed by atoms with Crippen LogP contribution in [0.4, 0.5) is 13.2 Å². The third-order valence-electron chi connectivity index (χ3n) is 6.10. The zero-order chi connectivity index (χ0) is 19.4. The van der Waals surface area contributed by atoms with Crippen LogP contribution < -0.4 is 0 Å². The number of halogens is 3. The van der Waals surface area contributed by atoms with E-state index in [9.17, 15) is 23.1 Å². The van der Waals surface area contributed by atoms with Crippen molar-refractivity contribution in [1.29, 1.82) is 0 Å². The number of hydrogen-bond donors (Lipinski definition) is 1. The number of alkyl halides is 3. The molecule has 1 saturated carbocycles. The molecule has 1 N–H and O–H groups in total. The molecule has 1 aromatic carbocycles.